The minimum Gasteiger partial charge on any atom is -0.382 e. The summed E-state index contributed by atoms with van der Waals surface area (Å²) in [5, 5.41) is 0.982. The second-order valence-electron chi connectivity index (χ2n) is 7.00. The minimum atomic E-state index is 0.100. The standard InChI is InChI=1S/C17H22ClN7OS/c18-13-10(1-4-22-14(13)20)27-16-15(21)24-12(7-23-16)25-5-2-17(3-6-25)9-26-8-11(17)19/h1,4,7,11H,2-3,5-6,8-9,19H2,(H2,20,22)(H2,21,24)/t11-/m0/s1. The van der Waals surface area contributed by atoms with Gasteiger partial charge in [0.05, 0.1) is 24.4 Å². The van der Waals surface area contributed by atoms with E-state index in [0.29, 0.717) is 22.5 Å². The molecule has 2 fully saturated rings. The number of piperidine rings is 1. The third-order valence-corrected chi connectivity index (χ3v) is 6.97. The molecule has 1 atom stereocenters. The number of nitrogens with zero attached hydrogens (tertiary/aromatic N) is 4. The van der Waals surface area contributed by atoms with Gasteiger partial charge in [-0.25, -0.2) is 15.0 Å². The van der Waals surface area contributed by atoms with Crippen LogP contribution in [0.3, 0.4) is 0 Å². The molecular weight excluding hydrogens is 386 g/mol. The molecule has 2 aromatic rings. The summed E-state index contributed by atoms with van der Waals surface area (Å²) in [4.78, 5) is 15.9. The predicted molar refractivity (Wildman–Crippen MR) is 107 cm³/mol. The zero-order chi connectivity index (χ0) is 19.0. The predicted octanol–water partition coefficient (Wildman–Crippen LogP) is 1.78. The van der Waals surface area contributed by atoms with Crippen molar-refractivity contribution in [2.75, 3.05) is 42.7 Å². The molecule has 0 aromatic carbocycles. The van der Waals surface area contributed by atoms with Crippen LogP contribution in [0, 0.1) is 5.41 Å². The van der Waals surface area contributed by atoms with Gasteiger partial charge in [-0.05, 0) is 18.9 Å². The minimum absolute atomic E-state index is 0.100. The Bertz CT molecular complexity index is 844. The van der Waals surface area contributed by atoms with E-state index >= 15 is 0 Å². The van der Waals surface area contributed by atoms with Gasteiger partial charge in [0.2, 0.25) is 0 Å². The van der Waals surface area contributed by atoms with Gasteiger partial charge in [0, 0.05) is 35.6 Å². The number of ether oxygens (including phenoxy) is 1. The largest absolute Gasteiger partial charge is 0.382 e. The van der Waals surface area contributed by atoms with Gasteiger partial charge in [0.15, 0.2) is 5.82 Å². The maximum atomic E-state index is 6.25. The molecule has 2 aromatic heterocycles. The molecule has 144 valence electrons. The number of nitrogen functional groups attached to an aromatic ring is 2. The molecule has 0 amide bonds. The number of rotatable bonds is 3. The van der Waals surface area contributed by atoms with E-state index in [1.165, 1.54) is 11.8 Å². The Morgan fingerprint density at radius 2 is 2.00 bits per heavy atom. The highest BCUT2D eigenvalue weighted by atomic mass is 35.5. The molecule has 2 aliphatic rings. The summed E-state index contributed by atoms with van der Waals surface area (Å²) in [5.41, 5.74) is 18.2. The second-order valence-corrected chi connectivity index (χ2v) is 8.41. The van der Waals surface area contributed by atoms with Gasteiger partial charge in [-0.1, -0.05) is 23.4 Å². The molecule has 27 heavy (non-hydrogen) atoms. The Morgan fingerprint density at radius 1 is 1.22 bits per heavy atom. The summed E-state index contributed by atoms with van der Waals surface area (Å²) < 4.78 is 5.58. The Labute approximate surface area is 166 Å². The first-order chi connectivity index (χ1) is 13.0. The summed E-state index contributed by atoms with van der Waals surface area (Å²) in [7, 11) is 0. The van der Waals surface area contributed by atoms with Crippen LogP contribution >= 0.6 is 23.4 Å². The fourth-order valence-electron chi connectivity index (χ4n) is 3.61. The fraction of sp³-hybridized carbons (Fsp3) is 0.471. The molecule has 8 nitrogen and oxygen atoms in total. The highest BCUT2D eigenvalue weighted by Crippen LogP contribution is 2.40. The van der Waals surface area contributed by atoms with Crippen LogP contribution in [0.5, 0.6) is 0 Å². The monoisotopic (exact) mass is 407 g/mol. The smallest absolute Gasteiger partial charge is 0.158 e. The van der Waals surface area contributed by atoms with E-state index in [2.05, 4.69) is 19.9 Å². The van der Waals surface area contributed by atoms with Crippen molar-refractivity contribution in [1.82, 2.24) is 15.0 Å². The van der Waals surface area contributed by atoms with Crippen LogP contribution in [-0.2, 0) is 4.74 Å². The second kappa shape index (κ2) is 7.31. The first-order valence-electron chi connectivity index (χ1n) is 8.77. The molecule has 2 aliphatic heterocycles. The Morgan fingerprint density at radius 3 is 2.67 bits per heavy atom. The number of halogens is 1. The highest BCUT2D eigenvalue weighted by molar-refractivity contribution is 7.99. The number of hydrogen-bond donors (Lipinski definition) is 3. The number of hydrogen-bond acceptors (Lipinski definition) is 9. The molecule has 6 N–H and O–H groups in total. The van der Waals surface area contributed by atoms with Crippen LogP contribution in [-0.4, -0.2) is 47.3 Å². The van der Waals surface area contributed by atoms with Gasteiger partial charge < -0.3 is 26.8 Å². The maximum absolute atomic E-state index is 6.25. The third-order valence-electron chi connectivity index (χ3n) is 5.40. The summed E-state index contributed by atoms with van der Waals surface area (Å²) in [6, 6.07) is 1.89. The van der Waals surface area contributed by atoms with Crippen molar-refractivity contribution >= 4 is 40.8 Å². The van der Waals surface area contributed by atoms with Crippen molar-refractivity contribution in [1.29, 1.82) is 0 Å². The molecule has 2 saturated heterocycles. The fourth-order valence-corrected chi connectivity index (χ4v) is 4.62. The van der Waals surface area contributed by atoms with E-state index in [-0.39, 0.29) is 17.3 Å². The first kappa shape index (κ1) is 18.5. The first-order valence-corrected chi connectivity index (χ1v) is 9.96. The summed E-state index contributed by atoms with van der Waals surface area (Å²) in [5.74, 6) is 1.42. The van der Waals surface area contributed by atoms with Gasteiger partial charge in [-0.3, -0.25) is 0 Å². The van der Waals surface area contributed by atoms with Crippen LogP contribution in [0.4, 0.5) is 17.5 Å². The number of nitrogens with two attached hydrogens (primary N) is 3. The quantitative estimate of drug-likeness (QED) is 0.696. The van der Waals surface area contributed by atoms with Gasteiger partial charge >= 0.3 is 0 Å². The Balaban J connectivity index is 1.47. The molecule has 0 unspecified atom stereocenters. The average molecular weight is 408 g/mol. The molecule has 0 saturated carbocycles. The van der Waals surface area contributed by atoms with E-state index < -0.39 is 0 Å². The van der Waals surface area contributed by atoms with Crippen LogP contribution in [0.2, 0.25) is 5.02 Å². The van der Waals surface area contributed by atoms with Crippen molar-refractivity contribution in [2.24, 2.45) is 11.1 Å². The summed E-state index contributed by atoms with van der Waals surface area (Å²) in [6.07, 6.45) is 5.32. The van der Waals surface area contributed by atoms with Crippen LogP contribution in [0.1, 0.15) is 12.8 Å². The van der Waals surface area contributed by atoms with Crippen molar-refractivity contribution in [2.45, 2.75) is 28.8 Å². The summed E-state index contributed by atoms with van der Waals surface area (Å²) >= 11 is 7.52. The van der Waals surface area contributed by atoms with E-state index in [0.717, 1.165) is 43.3 Å². The third kappa shape index (κ3) is 3.52. The summed E-state index contributed by atoms with van der Waals surface area (Å²) in [6.45, 7) is 3.14. The van der Waals surface area contributed by atoms with E-state index in [1.807, 2.05) is 0 Å². The van der Waals surface area contributed by atoms with Gasteiger partial charge in [0.1, 0.15) is 16.7 Å². The Kier molecular flexibility index (Phi) is 5.02. The molecule has 10 heteroatoms. The lowest BCUT2D eigenvalue weighted by atomic mass is 9.75. The number of pyridine rings is 1. The lowest BCUT2D eigenvalue weighted by molar-refractivity contribution is 0.131. The highest BCUT2D eigenvalue weighted by Gasteiger charge is 2.44. The normalized spacial score (nSPS) is 21.7. The van der Waals surface area contributed by atoms with Crippen molar-refractivity contribution in [3.05, 3.63) is 23.5 Å². The van der Waals surface area contributed by atoms with E-state index in [1.54, 1.807) is 18.5 Å². The van der Waals surface area contributed by atoms with Crippen molar-refractivity contribution in [3.63, 3.8) is 0 Å². The Hall–Kier alpha value is -1.81. The molecule has 0 aliphatic carbocycles. The van der Waals surface area contributed by atoms with Gasteiger partial charge in [-0.15, -0.1) is 0 Å². The zero-order valence-electron chi connectivity index (χ0n) is 14.8. The van der Waals surface area contributed by atoms with Crippen molar-refractivity contribution in [3.8, 4) is 0 Å². The molecule has 0 bridgehead atoms. The van der Waals surface area contributed by atoms with Crippen molar-refractivity contribution < 1.29 is 4.74 Å². The SMILES string of the molecule is Nc1nc(N2CCC3(CC2)COC[C@@H]3N)cnc1Sc1ccnc(N)c1Cl. The number of aromatic nitrogens is 3. The van der Waals surface area contributed by atoms with Gasteiger partial charge in [-0.2, -0.15) is 0 Å². The lowest BCUT2D eigenvalue weighted by Gasteiger charge is -2.41. The molecule has 4 rings (SSSR count). The average Bonchev–Trinajstić information content (AvgIpc) is 3.01. The van der Waals surface area contributed by atoms with Crippen LogP contribution in [0.25, 0.3) is 0 Å². The molecule has 0 radical (unpaired) electrons. The van der Waals surface area contributed by atoms with E-state index in [9.17, 15) is 0 Å². The maximum Gasteiger partial charge on any atom is 0.158 e. The molecule has 1 spiro atoms. The lowest BCUT2D eigenvalue weighted by Crippen LogP contribution is -2.49. The molecule has 4 heterocycles. The van der Waals surface area contributed by atoms with Gasteiger partial charge in [0.25, 0.3) is 0 Å². The zero-order valence-corrected chi connectivity index (χ0v) is 16.3. The number of anilines is 3. The van der Waals surface area contributed by atoms with E-state index in [4.69, 9.17) is 33.5 Å². The van der Waals surface area contributed by atoms with Crippen LogP contribution < -0.4 is 22.1 Å². The molecular formula is C17H22ClN7OS. The topological polar surface area (TPSA) is 129 Å². The van der Waals surface area contributed by atoms with Crippen LogP contribution in [0.15, 0.2) is 28.4 Å².